The fourth-order valence-corrected chi connectivity index (χ4v) is 3.58. The molecule has 2 aromatic carbocycles. The van der Waals surface area contributed by atoms with Gasteiger partial charge in [-0.1, -0.05) is 29.8 Å². The van der Waals surface area contributed by atoms with E-state index in [0.29, 0.717) is 22.8 Å². The average Bonchev–Trinajstić information content (AvgIpc) is 3.17. The number of nitrogens with zero attached hydrogens (tertiary/aromatic N) is 4. The third-order valence-electron chi connectivity index (χ3n) is 5.02. The maximum atomic E-state index is 13.3. The molecule has 2 N–H and O–H groups in total. The van der Waals surface area contributed by atoms with E-state index in [1.807, 2.05) is 51.1 Å². The van der Waals surface area contributed by atoms with Gasteiger partial charge in [0.15, 0.2) is 0 Å². The average molecular weight is 384 g/mol. The van der Waals surface area contributed by atoms with E-state index in [4.69, 9.17) is 5.26 Å². The summed E-state index contributed by atoms with van der Waals surface area (Å²) in [5.41, 5.74) is 5.57. The lowest BCUT2D eigenvalue weighted by molar-refractivity contribution is -0.113. The summed E-state index contributed by atoms with van der Waals surface area (Å²) < 4.78 is 1.69. The molecular weight excluding hydrogens is 364 g/mol. The van der Waals surface area contributed by atoms with E-state index in [1.54, 1.807) is 16.8 Å². The molecule has 7 heteroatoms. The van der Waals surface area contributed by atoms with E-state index in [9.17, 15) is 4.79 Å². The predicted octanol–water partition coefficient (Wildman–Crippen LogP) is 3.69. The minimum atomic E-state index is -0.452. The van der Waals surface area contributed by atoms with Gasteiger partial charge in [-0.3, -0.25) is 4.79 Å². The molecule has 29 heavy (non-hydrogen) atoms. The van der Waals surface area contributed by atoms with Gasteiger partial charge >= 0.3 is 0 Å². The molecule has 1 aliphatic rings. The van der Waals surface area contributed by atoms with Crippen molar-refractivity contribution in [3.8, 4) is 6.07 Å². The van der Waals surface area contributed by atoms with Crippen molar-refractivity contribution >= 4 is 17.5 Å². The molecule has 0 saturated carbocycles. The van der Waals surface area contributed by atoms with Gasteiger partial charge in [0.05, 0.1) is 17.2 Å². The molecule has 3 aromatic rings. The van der Waals surface area contributed by atoms with Crippen LogP contribution in [0.3, 0.4) is 0 Å². The topological polar surface area (TPSA) is 95.6 Å². The van der Waals surface area contributed by atoms with Gasteiger partial charge in [0.25, 0.3) is 5.91 Å². The molecule has 0 fully saturated rings. The van der Waals surface area contributed by atoms with Gasteiger partial charge in [-0.05, 0) is 50.1 Å². The molecule has 0 radical (unpaired) electrons. The standard InChI is InChI=1S/C22H20N6O/c1-13-4-9-18(14(2)10-13)27-21(29)19-15(3)26-22-24-12-25-28(22)20(19)17-7-5-16(11-23)6-8-17/h4-10,12,20H,1-3H3,(H,27,29)(H,24,25,26). The van der Waals surface area contributed by atoms with Crippen LogP contribution in [0.15, 0.2) is 60.1 Å². The van der Waals surface area contributed by atoms with Gasteiger partial charge in [-0.25, -0.2) is 4.68 Å². The quantitative estimate of drug-likeness (QED) is 0.718. The number of carbonyl (C=O) groups excluding carboxylic acids is 1. The molecular formula is C22H20N6O. The van der Waals surface area contributed by atoms with Crippen molar-refractivity contribution in [3.05, 3.63) is 82.3 Å². The number of nitriles is 1. The number of fused-ring (bicyclic) bond motifs is 1. The molecule has 7 nitrogen and oxygen atoms in total. The van der Waals surface area contributed by atoms with Crippen molar-refractivity contribution in [2.75, 3.05) is 10.6 Å². The van der Waals surface area contributed by atoms with Crippen molar-refractivity contribution in [1.29, 1.82) is 5.26 Å². The number of aromatic nitrogens is 3. The molecule has 144 valence electrons. The fourth-order valence-electron chi connectivity index (χ4n) is 3.58. The number of benzene rings is 2. The lowest BCUT2D eigenvalue weighted by Gasteiger charge is -2.29. The maximum Gasteiger partial charge on any atom is 0.255 e. The summed E-state index contributed by atoms with van der Waals surface area (Å²) in [6.07, 6.45) is 1.46. The Bertz CT molecular complexity index is 1170. The van der Waals surface area contributed by atoms with Gasteiger partial charge in [0.2, 0.25) is 5.95 Å². The van der Waals surface area contributed by atoms with Crippen molar-refractivity contribution in [2.24, 2.45) is 0 Å². The fraction of sp³-hybridized carbons (Fsp3) is 0.182. The second kappa shape index (κ2) is 7.24. The van der Waals surface area contributed by atoms with Crippen LogP contribution in [0, 0.1) is 25.2 Å². The molecule has 2 heterocycles. The summed E-state index contributed by atoms with van der Waals surface area (Å²) in [5, 5.41) is 19.6. The Morgan fingerprint density at radius 2 is 1.93 bits per heavy atom. The molecule has 1 atom stereocenters. The molecule has 0 aliphatic carbocycles. The summed E-state index contributed by atoms with van der Waals surface area (Å²) in [7, 11) is 0. The lowest BCUT2D eigenvalue weighted by atomic mass is 9.94. The van der Waals surface area contributed by atoms with Crippen LogP contribution in [0.2, 0.25) is 0 Å². The second-order valence-electron chi connectivity index (χ2n) is 7.10. The van der Waals surface area contributed by atoms with Crippen molar-refractivity contribution in [1.82, 2.24) is 14.8 Å². The van der Waals surface area contributed by atoms with Crippen LogP contribution in [0.4, 0.5) is 11.6 Å². The second-order valence-corrected chi connectivity index (χ2v) is 7.10. The summed E-state index contributed by atoms with van der Waals surface area (Å²) in [6.45, 7) is 5.84. The Kier molecular flexibility index (Phi) is 4.61. The zero-order valence-electron chi connectivity index (χ0n) is 16.4. The highest BCUT2D eigenvalue weighted by molar-refractivity contribution is 6.06. The predicted molar refractivity (Wildman–Crippen MR) is 110 cm³/mol. The summed E-state index contributed by atoms with van der Waals surface area (Å²) >= 11 is 0. The number of allylic oxidation sites excluding steroid dienone is 1. The van der Waals surface area contributed by atoms with Gasteiger partial charge in [-0.2, -0.15) is 15.3 Å². The first kappa shape index (κ1) is 18.4. The number of hydrogen-bond donors (Lipinski definition) is 2. The molecule has 1 amide bonds. The van der Waals surface area contributed by atoms with Gasteiger partial charge in [0.1, 0.15) is 12.4 Å². The number of rotatable bonds is 3. The highest BCUT2D eigenvalue weighted by Gasteiger charge is 2.33. The first-order chi connectivity index (χ1) is 14.0. The minimum absolute atomic E-state index is 0.211. The Labute approximate surface area is 168 Å². The summed E-state index contributed by atoms with van der Waals surface area (Å²) in [5.74, 6) is 0.359. The van der Waals surface area contributed by atoms with E-state index in [1.165, 1.54) is 6.33 Å². The van der Waals surface area contributed by atoms with Crippen LogP contribution >= 0.6 is 0 Å². The summed E-state index contributed by atoms with van der Waals surface area (Å²) in [6, 6.07) is 14.7. The molecule has 0 spiro atoms. The Balaban J connectivity index is 1.76. The van der Waals surface area contributed by atoms with Crippen molar-refractivity contribution in [3.63, 3.8) is 0 Å². The normalized spacial score (nSPS) is 15.3. The van der Waals surface area contributed by atoms with Crippen molar-refractivity contribution < 1.29 is 4.79 Å². The molecule has 4 rings (SSSR count). The van der Waals surface area contributed by atoms with E-state index in [-0.39, 0.29) is 5.91 Å². The Morgan fingerprint density at radius 1 is 1.17 bits per heavy atom. The monoisotopic (exact) mass is 384 g/mol. The zero-order valence-corrected chi connectivity index (χ0v) is 16.4. The Morgan fingerprint density at radius 3 is 2.62 bits per heavy atom. The summed E-state index contributed by atoms with van der Waals surface area (Å²) in [4.78, 5) is 17.6. The highest BCUT2D eigenvalue weighted by atomic mass is 16.1. The molecule has 0 bridgehead atoms. The number of hydrogen-bond acceptors (Lipinski definition) is 5. The third-order valence-corrected chi connectivity index (χ3v) is 5.02. The Hall–Kier alpha value is -3.92. The molecule has 1 aliphatic heterocycles. The van der Waals surface area contributed by atoms with E-state index in [2.05, 4.69) is 26.8 Å². The number of amides is 1. The maximum absolute atomic E-state index is 13.3. The smallest absolute Gasteiger partial charge is 0.255 e. The van der Waals surface area contributed by atoms with Crippen LogP contribution in [-0.4, -0.2) is 20.7 Å². The van der Waals surface area contributed by atoms with Gasteiger partial charge in [0, 0.05) is 11.4 Å². The van der Waals surface area contributed by atoms with Crippen LogP contribution in [0.1, 0.15) is 35.2 Å². The number of nitrogens with one attached hydrogen (secondary N) is 2. The van der Waals surface area contributed by atoms with Gasteiger partial charge < -0.3 is 10.6 Å². The molecule has 1 unspecified atom stereocenters. The van der Waals surface area contributed by atoms with E-state index >= 15 is 0 Å². The molecule has 1 aromatic heterocycles. The van der Waals surface area contributed by atoms with Crippen LogP contribution < -0.4 is 10.6 Å². The van der Waals surface area contributed by atoms with Crippen LogP contribution in [0.5, 0.6) is 0 Å². The highest BCUT2D eigenvalue weighted by Crippen LogP contribution is 2.35. The SMILES string of the molecule is CC1=C(C(=O)Nc2ccc(C)cc2C)C(c2ccc(C#N)cc2)n2ncnc2N1. The van der Waals surface area contributed by atoms with Crippen LogP contribution in [0.25, 0.3) is 0 Å². The lowest BCUT2D eigenvalue weighted by Crippen LogP contribution is -2.31. The van der Waals surface area contributed by atoms with Gasteiger partial charge in [-0.15, -0.1) is 0 Å². The van der Waals surface area contributed by atoms with Crippen LogP contribution in [-0.2, 0) is 4.79 Å². The third kappa shape index (κ3) is 3.36. The molecule has 0 saturated heterocycles. The largest absolute Gasteiger partial charge is 0.328 e. The number of carbonyl (C=O) groups is 1. The first-order valence-electron chi connectivity index (χ1n) is 9.24. The zero-order chi connectivity index (χ0) is 20.5. The first-order valence-corrected chi connectivity index (χ1v) is 9.24. The number of anilines is 2. The number of aryl methyl sites for hydroxylation is 2. The van der Waals surface area contributed by atoms with Crippen molar-refractivity contribution in [2.45, 2.75) is 26.8 Å². The van der Waals surface area contributed by atoms with E-state index in [0.717, 1.165) is 22.4 Å². The van der Waals surface area contributed by atoms with E-state index < -0.39 is 6.04 Å². The minimum Gasteiger partial charge on any atom is -0.328 e.